The third kappa shape index (κ3) is 2.04. The molecule has 2 aromatic rings. The molecule has 0 atom stereocenters. The number of halogens is 1. The van der Waals surface area contributed by atoms with E-state index in [2.05, 4.69) is 9.97 Å². The largest absolute Gasteiger partial charge is 0.323 e. The summed E-state index contributed by atoms with van der Waals surface area (Å²) in [7, 11) is 0. The highest BCUT2D eigenvalue weighted by molar-refractivity contribution is 6.30. The molecular weight excluding hydrogens is 224 g/mol. The molecular formula is C12H13ClN2O. The minimum atomic E-state index is -0.182. The normalized spacial score (nSPS) is 11.0. The van der Waals surface area contributed by atoms with E-state index in [0.29, 0.717) is 5.02 Å². The second kappa shape index (κ2) is 4.18. The van der Waals surface area contributed by atoms with Gasteiger partial charge in [0.25, 0.3) is 0 Å². The van der Waals surface area contributed by atoms with Crippen LogP contribution in [0.25, 0.3) is 11.3 Å². The summed E-state index contributed by atoms with van der Waals surface area (Å²) in [5.74, 6) is 0.257. The number of imidazole rings is 1. The summed E-state index contributed by atoms with van der Waals surface area (Å²) in [6.45, 7) is 4.07. The third-order valence-corrected chi connectivity index (χ3v) is 2.68. The van der Waals surface area contributed by atoms with Crippen molar-refractivity contribution in [1.29, 1.82) is 0 Å². The van der Waals surface area contributed by atoms with Crippen molar-refractivity contribution in [2.45, 2.75) is 19.8 Å². The predicted molar refractivity (Wildman–Crippen MR) is 65.9 cm³/mol. The van der Waals surface area contributed by atoms with Gasteiger partial charge in [-0.25, -0.2) is 4.79 Å². The first-order valence-corrected chi connectivity index (χ1v) is 5.54. The fourth-order valence-corrected chi connectivity index (χ4v) is 1.89. The number of aromatic nitrogens is 2. The van der Waals surface area contributed by atoms with E-state index in [9.17, 15) is 4.79 Å². The molecule has 0 fully saturated rings. The standard InChI is InChI=1S/C12H13ClN2O/c1-7(2)10-11(15-12(16)14-10)8-4-3-5-9(13)6-8/h3-7H,1-2H3,(H2,14,15,16). The van der Waals surface area contributed by atoms with Gasteiger partial charge in [-0.2, -0.15) is 0 Å². The van der Waals surface area contributed by atoms with E-state index in [1.807, 2.05) is 38.1 Å². The van der Waals surface area contributed by atoms with Crippen molar-refractivity contribution in [3.8, 4) is 11.3 Å². The van der Waals surface area contributed by atoms with Crippen LogP contribution in [0.3, 0.4) is 0 Å². The minimum absolute atomic E-state index is 0.182. The Kier molecular flexibility index (Phi) is 2.88. The van der Waals surface area contributed by atoms with Crippen LogP contribution in [0.15, 0.2) is 29.1 Å². The summed E-state index contributed by atoms with van der Waals surface area (Å²) in [5.41, 5.74) is 2.47. The molecule has 3 nitrogen and oxygen atoms in total. The molecule has 0 radical (unpaired) electrons. The van der Waals surface area contributed by atoms with Gasteiger partial charge in [-0.3, -0.25) is 0 Å². The number of hydrogen-bond acceptors (Lipinski definition) is 1. The molecule has 16 heavy (non-hydrogen) atoms. The van der Waals surface area contributed by atoms with Crippen LogP contribution in [0, 0.1) is 0 Å². The van der Waals surface area contributed by atoms with Crippen molar-refractivity contribution in [3.63, 3.8) is 0 Å². The van der Waals surface area contributed by atoms with Crippen molar-refractivity contribution in [2.75, 3.05) is 0 Å². The SMILES string of the molecule is CC(C)c1[nH]c(=O)[nH]c1-c1cccc(Cl)c1. The first-order valence-electron chi connectivity index (χ1n) is 5.16. The van der Waals surface area contributed by atoms with Crippen LogP contribution in [0.4, 0.5) is 0 Å². The summed E-state index contributed by atoms with van der Waals surface area (Å²) < 4.78 is 0. The third-order valence-electron chi connectivity index (χ3n) is 2.45. The molecule has 0 spiro atoms. The molecule has 1 aromatic carbocycles. The van der Waals surface area contributed by atoms with Gasteiger partial charge in [0, 0.05) is 16.3 Å². The minimum Gasteiger partial charge on any atom is -0.309 e. The Labute approximate surface area is 98.5 Å². The Morgan fingerprint density at radius 2 is 2.00 bits per heavy atom. The number of nitrogens with one attached hydrogen (secondary N) is 2. The van der Waals surface area contributed by atoms with E-state index < -0.39 is 0 Å². The lowest BCUT2D eigenvalue weighted by Crippen LogP contribution is -2.01. The summed E-state index contributed by atoms with van der Waals surface area (Å²) in [6, 6.07) is 7.45. The summed E-state index contributed by atoms with van der Waals surface area (Å²) in [4.78, 5) is 16.9. The zero-order chi connectivity index (χ0) is 11.7. The highest BCUT2D eigenvalue weighted by Gasteiger charge is 2.12. The van der Waals surface area contributed by atoms with Crippen LogP contribution >= 0.6 is 11.6 Å². The van der Waals surface area contributed by atoms with Gasteiger partial charge >= 0.3 is 5.69 Å². The molecule has 0 unspecified atom stereocenters. The van der Waals surface area contributed by atoms with Crippen molar-refractivity contribution in [2.24, 2.45) is 0 Å². The molecule has 0 aliphatic carbocycles. The number of benzene rings is 1. The first kappa shape index (κ1) is 11.0. The van der Waals surface area contributed by atoms with Gasteiger partial charge in [-0.15, -0.1) is 0 Å². The molecule has 0 aliphatic rings. The molecule has 4 heteroatoms. The lowest BCUT2D eigenvalue weighted by molar-refractivity contribution is 0.831. The first-order chi connectivity index (χ1) is 7.58. The lowest BCUT2D eigenvalue weighted by Gasteiger charge is -2.06. The molecule has 0 aliphatic heterocycles. The monoisotopic (exact) mass is 236 g/mol. The molecule has 1 heterocycles. The smallest absolute Gasteiger partial charge is 0.309 e. The summed E-state index contributed by atoms with van der Waals surface area (Å²) >= 11 is 5.93. The van der Waals surface area contributed by atoms with E-state index >= 15 is 0 Å². The number of hydrogen-bond donors (Lipinski definition) is 2. The topological polar surface area (TPSA) is 48.6 Å². The molecule has 2 rings (SSSR count). The van der Waals surface area contributed by atoms with E-state index in [-0.39, 0.29) is 11.6 Å². The van der Waals surface area contributed by atoms with Crippen LogP contribution in [0.2, 0.25) is 5.02 Å². The van der Waals surface area contributed by atoms with Crippen LogP contribution in [-0.4, -0.2) is 9.97 Å². The zero-order valence-corrected chi connectivity index (χ0v) is 9.93. The van der Waals surface area contributed by atoms with Gasteiger partial charge in [0.2, 0.25) is 0 Å². The molecule has 84 valence electrons. The van der Waals surface area contributed by atoms with E-state index in [1.54, 1.807) is 0 Å². The number of H-pyrrole nitrogens is 2. The quantitative estimate of drug-likeness (QED) is 0.827. The molecule has 1 aromatic heterocycles. The Morgan fingerprint density at radius 1 is 1.25 bits per heavy atom. The van der Waals surface area contributed by atoms with Gasteiger partial charge in [-0.05, 0) is 18.1 Å². The molecule has 0 amide bonds. The maximum Gasteiger partial charge on any atom is 0.323 e. The average Bonchev–Trinajstić information content (AvgIpc) is 2.60. The van der Waals surface area contributed by atoms with Crippen molar-refractivity contribution in [3.05, 3.63) is 45.5 Å². The number of rotatable bonds is 2. The van der Waals surface area contributed by atoms with Crippen molar-refractivity contribution >= 4 is 11.6 Å². The summed E-state index contributed by atoms with van der Waals surface area (Å²) in [5, 5.41) is 0.661. The van der Waals surface area contributed by atoms with Crippen LogP contribution in [0.5, 0.6) is 0 Å². The van der Waals surface area contributed by atoms with Gasteiger partial charge in [0.15, 0.2) is 0 Å². The maximum atomic E-state index is 11.3. The Morgan fingerprint density at radius 3 is 2.62 bits per heavy atom. The van der Waals surface area contributed by atoms with Gasteiger partial charge in [0.05, 0.1) is 5.69 Å². The second-order valence-corrected chi connectivity index (χ2v) is 4.47. The van der Waals surface area contributed by atoms with Crippen LogP contribution in [-0.2, 0) is 0 Å². The van der Waals surface area contributed by atoms with E-state index in [0.717, 1.165) is 17.0 Å². The fraction of sp³-hybridized carbons (Fsp3) is 0.250. The predicted octanol–water partition coefficient (Wildman–Crippen LogP) is 3.15. The summed E-state index contributed by atoms with van der Waals surface area (Å²) in [6.07, 6.45) is 0. The van der Waals surface area contributed by atoms with Crippen molar-refractivity contribution < 1.29 is 0 Å². The van der Waals surface area contributed by atoms with Crippen LogP contribution < -0.4 is 5.69 Å². The zero-order valence-electron chi connectivity index (χ0n) is 9.17. The number of aromatic amines is 2. The average molecular weight is 237 g/mol. The second-order valence-electron chi connectivity index (χ2n) is 4.03. The highest BCUT2D eigenvalue weighted by atomic mass is 35.5. The van der Waals surface area contributed by atoms with E-state index in [4.69, 9.17) is 11.6 Å². The van der Waals surface area contributed by atoms with Gasteiger partial charge < -0.3 is 9.97 Å². The van der Waals surface area contributed by atoms with E-state index in [1.165, 1.54) is 0 Å². The lowest BCUT2D eigenvalue weighted by atomic mass is 10.0. The molecule has 0 saturated carbocycles. The Bertz CT molecular complexity index is 554. The Hall–Kier alpha value is -1.48. The highest BCUT2D eigenvalue weighted by Crippen LogP contribution is 2.26. The molecule has 0 saturated heterocycles. The van der Waals surface area contributed by atoms with Crippen molar-refractivity contribution in [1.82, 2.24) is 9.97 Å². The van der Waals surface area contributed by atoms with Gasteiger partial charge in [-0.1, -0.05) is 37.6 Å². The molecule has 2 N–H and O–H groups in total. The van der Waals surface area contributed by atoms with Gasteiger partial charge in [0.1, 0.15) is 0 Å². The Balaban J connectivity index is 2.59. The fourth-order valence-electron chi connectivity index (χ4n) is 1.70. The maximum absolute atomic E-state index is 11.3. The van der Waals surface area contributed by atoms with Crippen LogP contribution in [0.1, 0.15) is 25.5 Å². The molecule has 0 bridgehead atoms.